The van der Waals surface area contributed by atoms with Crippen molar-refractivity contribution in [3.8, 4) is 5.75 Å². The summed E-state index contributed by atoms with van der Waals surface area (Å²) in [6, 6.07) is 16.1. The van der Waals surface area contributed by atoms with Gasteiger partial charge in [-0.2, -0.15) is 0 Å². The van der Waals surface area contributed by atoms with Crippen molar-refractivity contribution in [1.82, 2.24) is 9.88 Å². The fraction of sp³-hybridized carbons (Fsp3) is 0.375. The average molecular weight is 389 g/mol. The van der Waals surface area contributed by atoms with E-state index in [1.165, 1.54) is 30.2 Å². The van der Waals surface area contributed by atoms with E-state index in [2.05, 4.69) is 28.5 Å². The SMILES string of the molecule is O=C(Nc1cccc(OC2CCCCC2)c1)N1CCc2c([nH]c3ccccc23)C1. The van der Waals surface area contributed by atoms with Crippen LogP contribution in [-0.4, -0.2) is 28.6 Å². The summed E-state index contributed by atoms with van der Waals surface area (Å²) in [6.45, 7) is 1.33. The van der Waals surface area contributed by atoms with Crippen LogP contribution in [0, 0.1) is 0 Å². The molecule has 0 spiro atoms. The van der Waals surface area contributed by atoms with E-state index in [0.717, 1.165) is 48.5 Å². The number of ether oxygens (including phenoxy) is 1. The fourth-order valence-electron chi connectivity index (χ4n) is 4.59. The van der Waals surface area contributed by atoms with Gasteiger partial charge in [0.15, 0.2) is 0 Å². The Hall–Kier alpha value is -2.95. The summed E-state index contributed by atoms with van der Waals surface area (Å²) in [5.74, 6) is 0.839. The van der Waals surface area contributed by atoms with Crippen molar-refractivity contribution >= 4 is 22.6 Å². The second kappa shape index (κ2) is 7.82. The molecule has 5 rings (SSSR count). The van der Waals surface area contributed by atoms with Crippen LogP contribution >= 0.6 is 0 Å². The van der Waals surface area contributed by atoms with E-state index in [9.17, 15) is 4.79 Å². The number of anilines is 1. The Morgan fingerprint density at radius 3 is 2.83 bits per heavy atom. The molecule has 2 amide bonds. The number of aromatic nitrogens is 1. The van der Waals surface area contributed by atoms with Crippen molar-refractivity contribution < 1.29 is 9.53 Å². The minimum atomic E-state index is -0.0656. The highest BCUT2D eigenvalue weighted by Gasteiger charge is 2.24. The number of rotatable bonds is 3. The summed E-state index contributed by atoms with van der Waals surface area (Å²) in [6.07, 6.45) is 7.21. The first-order valence-corrected chi connectivity index (χ1v) is 10.7. The Bertz CT molecular complexity index is 1020. The third-order valence-corrected chi connectivity index (χ3v) is 6.11. The van der Waals surface area contributed by atoms with Crippen LogP contribution in [0.1, 0.15) is 43.4 Å². The predicted molar refractivity (Wildman–Crippen MR) is 115 cm³/mol. The number of nitrogens with one attached hydrogen (secondary N) is 2. The zero-order chi connectivity index (χ0) is 19.6. The van der Waals surface area contributed by atoms with Crippen LogP contribution in [0.15, 0.2) is 48.5 Å². The van der Waals surface area contributed by atoms with Crippen molar-refractivity contribution in [2.45, 2.75) is 51.2 Å². The summed E-state index contributed by atoms with van der Waals surface area (Å²) >= 11 is 0. The summed E-state index contributed by atoms with van der Waals surface area (Å²) in [7, 11) is 0. The molecule has 5 heteroatoms. The van der Waals surface area contributed by atoms with Crippen molar-refractivity contribution in [2.24, 2.45) is 0 Å². The summed E-state index contributed by atoms with van der Waals surface area (Å²) in [5, 5.41) is 4.32. The summed E-state index contributed by atoms with van der Waals surface area (Å²) in [4.78, 5) is 18.2. The molecule has 1 saturated carbocycles. The van der Waals surface area contributed by atoms with Crippen molar-refractivity contribution in [3.63, 3.8) is 0 Å². The molecular formula is C24H27N3O2. The molecule has 2 aliphatic rings. The molecule has 1 aliphatic heterocycles. The first-order chi connectivity index (χ1) is 14.3. The van der Waals surface area contributed by atoms with Gasteiger partial charge in [0.05, 0.1) is 12.6 Å². The number of para-hydroxylation sites is 1. The number of aromatic amines is 1. The van der Waals surface area contributed by atoms with Crippen molar-refractivity contribution in [1.29, 1.82) is 0 Å². The molecule has 3 aromatic rings. The Morgan fingerprint density at radius 2 is 1.93 bits per heavy atom. The Kier molecular flexibility index (Phi) is 4.88. The van der Waals surface area contributed by atoms with Gasteiger partial charge in [-0.3, -0.25) is 0 Å². The number of hydrogen-bond donors (Lipinski definition) is 2. The van der Waals surface area contributed by atoms with E-state index in [1.54, 1.807) is 0 Å². The molecule has 5 nitrogen and oxygen atoms in total. The number of nitrogens with zero attached hydrogens (tertiary/aromatic N) is 1. The first kappa shape index (κ1) is 18.1. The first-order valence-electron chi connectivity index (χ1n) is 10.7. The maximum atomic E-state index is 12.9. The number of amides is 2. The highest BCUT2D eigenvalue weighted by molar-refractivity contribution is 5.90. The molecular weight excluding hydrogens is 362 g/mol. The fourth-order valence-corrected chi connectivity index (χ4v) is 4.59. The third kappa shape index (κ3) is 3.82. The summed E-state index contributed by atoms with van der Waals surface area (Å²) in [5.41, 5.74) is 4.41. The van der Waals surface area contributed by atoms with Crippen LogP contribution in [-0.2, 0) is 13.0 Å². The Morgan fingerprint density at radius 1 is 1.07 bits per heavy atom. The van der Waals surface area contributed by atoms with Crippen molar-refractivity contribution in [2.75, 3.05) is 11.9 Å². The summed E-state index contributed by atoms with van der Waals surface area (Å²) < 4.78 is 6.13. The molecule has 0 saturated heterocycles. The topological polar surface area (TPSA) is 57.4 Å². The molecule has 0 unspecified atom stereocenters. The number of H-pyrrole nitrogens is 1. The highest BCUT2D eigenvalue weighted by atomic mass is 16.5. The van der Waals surface area contributed by atoms with E-state index < -0.39 is 0 Å². The van der Waals surface area contributed by atoms with Gasteiger partial charge in [0, 0.05) is 34.9 Å². The second-order valence-electron chi connectivity index (χ2n) is 8.14. The predicted octanol–water partition coefficient (Wildman–Crippen LogP) is 5.47. The quantitative estimate of drug-likeness (QED) is 0.624. The van der Waals surface area contributed by atoms with Gasteiger partial charge in [0.1, 0.15) is 5.75 Å². The number of carbonyl (C=O) groups excluding carboxylic acids is 1. The van der Waals surface area contributed by atoms with Gasteiger partial charge < -0.3 is 19.9 Å². The number of carbonyl (C=O) groups is 1. The normalized spacial score (nSPS) is 17.2. The monoisotopic (exact) mass is 389 g/mol. The molecule has 150 valence electrons. The number of benzene rings is 2. The van der Waals surface area contributed by atoms with Gasteiger partial charge in [-0.1, -0.05) is 30.7 Å². The number of fused-ring (bicyclic) bond motifs is 3. The van der Waals surface area contributed by atoms with Crippen molar-refractivity contribution in [3.05, 3.63) is 59.8 Å². The van der Waals surface area contributed by atoms with E-state index in [1.807, 2.05) is 35.2 Å². The van der Waals surface area contributed by atoms with Gasteiger partial charge in [-0.25, -0.2) is 4.79 Å². The lowest BCUT2D eigenvalue weighted by atomic mass is 9.98. The average Bonchev–Trinajstić information content (AvgIpc) is 3.12. The van der Waals surface area contributed by atoms with Crippen LogP contribution in [0.2, 0.25) is 0 Å². The lowest BCUT2D eigenvalue weighted by Crippen LogP contribution is -2.38. The van der Waals surface area contributed by atoms with Crippen LogP contribution in [0.25, 0.3) is 10.9 Å². The van der Waals surface area contributed by atoms with Crippen LogP contribution in [0.3, 0.4) is 0 Å². The van der Waals surface area contributed by atoms with Crippen LogP contribution in [0.4, 0.5) is 10.5 Å². The molecule has 2 aromatic carbocycles. The van der Waals surface area contributed by atoms with Gasteiger partial charge in [-0.15, -0.1) is 0 Å². The maximum Gasteiger partial charge on any atom is 0.322 e. The molecule has 1 aliphatic carbocycles. The van der Waals surface area contributed by atoms with Gasteiger partial charge >= 0.3 is 6.03 Å². The van der Waals surface area contributed by atoms with Gasteiger partial charge in [0.25, 0.3) is 0 Å². The molecule has 1 fully saturated rings. The number of hydrogen-bond acceptors (Lipinski definition) is 2. The zero-order valence-corrected chi connectivity index (χ0v) is 16.6. The molecule has 1 aromatic heterocycles. The molecule has 0 radical (unpaired) electrons. The van der Waals surface area contributed by atoms with E-state index >= 15 is 0 Å². The van der Waals surface area contributed by atoms with E-state index in [0.29, 0.717) is 12.6 Å². The highest BCUT2D eigenvalue weighted by Crippen LogP contribution is 2.28. The molecule has 0 bridgehead atoms. The molecule has 2 heterocycles. The van der Waals surface area contributed by atoms with Gasteiger partial charge in [0.2, 0.25) is 0 Å². The second-order valence-corrected chi connectivity index (χ2v) is 8.14. The van der Waals surface area contributed by atoms with Gasteiger partial charge in [-0.05, 0) is 55.9 Å². The zero-order valence-electron chi connectivity index (χ0n) is 16.6. The van der Waals surface area contributed by atoms with E-state index in [-0.39, 0.29) is 6.03 Å². The minimum Gasteiger partial charge on any atom is -0.490 e. The minimum absolute atomic E-state index is 0.0656. The largest absolute Gasteiger partial charge is 0.490 e. The molecule has 29 heavy (non-hydrogen) atoms. The van der Waals surface area contributed by atoms with Crippen LogP contribution in [0.5, 0.6) is 5.75 Å². The third-order valence-electron chi connectivity index (χ3n) is 6.11. The molecule has 2 N–H and O–H groups in total. The standard InChI is InChI=1S/C24H27N3O2/c28-24(25-17-7-6-10-19(15-17)29-18-8-2-1-3-9-18)27-14-13-21-20-11-4-5-12-22(20)26-23(21)16-27/h4-7,10-12,15,18,26H,1-3,8-9,13-14,16H2,(H,25,28). The lowest BCUT2D eigenvalue weighted by Gasteiger charge is -2.27. The smallest absolute Gasteiger partial charge is 0.322 e. The maximum absolute atomic E-state index is 12.9. The van der Waals surface area contributed by atoms with E-state index in [4.69, 9.17) is 4.74 Å². The molecule has 0 atom stereocenters. The Balaban J connectivity index is 1.25. The lowest BCUT2D eigenvalue weighted by molar-refractivity contribution is 0.155. The van der Waals surface area contributed by atoms with Crippen LogP contribution < -0.4 is 10.1 Å². The number of urea groups is 1. The Labute approximate surface area is 171 Å².